The number of nitrogens with zero attached hydrogens (tertiary/aromatic N) is 3. The van der Waals surface area contributed by atoms with E-state index >= 15 is 0 Å². The third-order valence-corrected chi connectivity index (χ3v) is 3.54. The molecular formula is C13H25N3O2. The first-order valence-corrected chi connectivity index (χ1v) is 6.74. The summed E-state index contributed by atoms with van der Waals surface area (Å²) < 4.78 is 0. The second kappa shape index (κ2) is 6.73. The van der Waals surface area contributed by atoms with E-state index in [2.05, 4.69) is 0 Å². The van der Waals surface area contributed by atoms with Crippen LogP contribution in [-0.4, -0.2) is 72.8 Å². The highest BCUT2D eigenvalue weighted by molar-refractivity contribution is 5.83. The molecular weight excluding hydrogens is 230 g/mol. The van der Waals surface area contributed by atoms with Crippen molar-refractivity contribution < 1.29 is 9.59 Å². The van der Waals surface area contributed by atoms with Crippen LogP contribution in [0.5, 0.6) is 0 Å². The predicted molar refractivity (Wildman–Crippen MR) is 71.2 cm³/mol. The van der Waals surface area contributed by atoms with Crippen molar-refractivity contribution in [2.75, 3.05) is 40.3 Å². The number of likely N-dealkylation sites (N-methyl/N-ethyl adjacent to an activating group) is 2. The zero-order valence-electron chi connectivity index (χ0n) is 12.0. The summed E-state index contributed by atoms with van der Waals surface area (Å²) in [5.74, 6) is 0.235. The third-order valence-electron chi connectivity index (χ3n) is 3.54. The van der Waals surface area contributed by atoms with Crippen molar-refractivity contribution in [2.45, 2.75) is 32.7 Å². The van der Waals surface area contributed by atoms with Gasteiger partial charge in [-0.3, -0.25) is 14.5 Å². The lowest BCUT2D eigenvalue weighted by Gasteiger charge is -2.28. The molecule has 0 aliphatic carbocycles. The van der Waals surface area contributed by atoms with Crippen molar-refractivity contribution in [1.29, 1.82) is 0 Å². The number of hydrogen-bond donors (Lipinski definition) is 0. The van der Waals surface area contributed by atoms with Gasteiger partial charge in [0.05, 0.1) is 12.6 Å². The molecule has 0 aromatic rings. The summed E-state index contributed by atoms with van der Waals surface area (Å²) in [6, 6.07) is -0.112. The van der Waals surface area contributed by atoms with Crippen molar-refractivity contribution in [1.82, 2.24) is 14.7 Å². The van der Waals surface area contributed by atoms with E-state index in [9.17, 15) is 9.59 Å². The Morgan fingerprint density at radius 3 is 2.33 bits per heavy atom. The fourth-order valence-corrected chi connectivity index (χ4v) is 2.44. The van der Waals surface area contributed by atoms with Gasteiger partial charge in [0.25, 0.3) is 0 Å². The summed E-state index contributed by atoms with van der Waals surface area (Å²) in [4.78, 5) is 29.5. The molecule has 0 radical (unpaired) electrons. The lowest BCUT2D eigenvalue weighted by atomic mass is 10.2. The fourth-order valence-electron chi connectivity index (χ4n) is 2.44. The van der Waals surface area contributed by atoms with Gasteiger partial charge in [0, 0.05) is 27.2 Å². The van der Waals surface area contributed by atoms with Gasteiger partial charge in [0.1, 0.15) is 0 Å². The van der Waals surface area contributed by atoms with E-state index in [0.29, 0.717) is 6.54 Å². The SMILES string of the molecule is CCN(CC)C(=O)CN1CCC[C@@H]1C(=O)N(C)C. The highest BCUT2D eigenvalue weighted by Gasteiger charge is 2.33. The molecule has 18 heavy (non-hydrogen) atoms. The Hall–Kier alpha value is -1.10. The second-order valence-corrected chi connectivity index (χ2v) is 4.93. The molecule has 2 amide bonds. The van der Waals surface area contributed by atoms with Gasteiger partial charge in [0.15, 0.2) is 0 Å². The largest absolute Gasteiger partial charge is 0.347 e. The minimum Gasteiger partial charge on any atom is -0.347 e. The third kappa shape index (κ3) is 3.45. The van der Waals surface area contributed by atoms with Gasteiger partial charge in [-0.25, -0.2) is 0 Å². The molecule has 0 aromatic heterocycles. The first-order valence-electron chi connectivity index (χ1n) is 6.74. The molecule has 1 rings (SSSR count). The van der Waals surface area contributed by atoms with Crippen LogP contribution in [0.3, 0.4) is 0 Å². The van der Waals surface area contributed by atoms with Gasteiger partial charge in [-0.05, 0) is 33.2 Å². The fraction of sp³-hybridized carbons (Fsp3) is 0.846. The molecule has 1 heterocycles. The average Bonchev–Trinajstić information content (AvgIpc) is 2.77. The maximum Gasteiger partial charge on any atom is 0.239 e. The topological polar surface area (TPSA) is 43.9 Å². The maximum atomic E-state index is 12.1. The Morgan fingerprint density at radius 2 is 1.83 bits per heavy atom. The monoisotopic (exact) mass is 255 g/mol. The van der Waals surface area contributed by atoms with E-state index in [-0.39, 0.29) is 17.9 Å². The Bertz CT molecular complexity index is 301. The predicted octanol–water partition coefficient (Wildman–Crippen LogP) is 0.407. The van der Waals surface area contributed by atoms with Crippen molar-refractivity contribution in [3.63, 3.8) is 0 Å². The van der Waals surface area contributed by atoms with Gasteiger partial charge in [-0.15, -0.1) is 0 Å². The minimum atomic E-state index is -0.112. The highest BCUT2D eigenvalue weighted by Crippen LogP contribution is 2.18. The molecule has 0 spiro atoms. The standard InChI is InChI=1S/C13H25N3O2/c1-5-15(6-2)12(17)10-16-9-7-8-11(16)13(18)14(3)4/h11H,5-10H2,1-4H3/t11-/m1/s1. The van der Waals surface area contributed by atoms with Gasteiger partial charge in [-0.1, -0.05) is 0 Å². The number of hydrogen-bond acceptors (Lipinski definition) is 3. The number of amides is 2. The minimum absolute atomic E-state index is 0.111. The smallest absolute Gasteiger partial charge is 0.239 e. The molecule has 0 aromatic carbocycles. The molecule has 5 heteroatoms. The van der Waals surface area contributed by atoms with Gasteiger partial charge in [-0.2, -0.15) is 0 Å². The number of carbonyl (C=O) groups is 2. The quantitative estimate of drug-likeness (QED) is 0.714. The molecule has 0 N–H and O–H groups in total. The average molecular weight is 255 g/mol. The molecule has 0 unspecified atom stereocenters. The van der Waals surface area contributed by atoms with E-state index in [1.807, 2.05) is 23.6 Å². The van der Waals surface area contributed by atoms with Crippen molar-refractivity contribution in [3.05, 3.63) is 0 Å². The summed E-state index contributed by atoms with van der Waals surface area (Å²) in [6.45, 7) is 6.63. The van der Waals surface area contributed by atoms with Crippen LogP contribution in [0.1, 0.15) is 26.7 Å². The molecule has 1 saturated heterocycles. The summed E-state index contributed by atoms with van der Waals surface area (Å²) in [7, 11) is 3.54. The van der Waals surface area contributed by atoms with Crippen LogP contribution in [-0.2, 0) is 9.59 Å². The van der Waals surface area contributed by atoms with Crippen molar-refractivity contribution in [2.24, 2.45) is 0 Å². The lowest BCUT2D eigenvalue weighted by Crippen LogP contribution is -2.47. The van der Waals surface area contributed by atoms with Crippen LogP contribution in [0.4, 0.5) is 0 Å². The van der Waals surface area contributed by atoms with E-state index in [1.54, 1.807) is 19.0 Å². The van der Waals surface area contributed by atoms with E-state index < -0.39 is 0 Å². The summed E-state index contributed by atoms with van der Waals surface area (Å²) in [5, 5.41) is 0. The molecule has 0 bridgehead atoms. The lowest BCUT2D eigenvalue weighted by molar-refractivity contribution is -0.136. The Morgan fingerprint density at radius 1 is 1.22 bits per heavy atom. The van der Waals surface area contributed by atoms with Gasteiger partial charge >= 0.3 is 0 Å². The molecule has 1 aliphatic heterocycles. The zero-order chi connectivity index (χ0) is 13.7. The molecule has 104 valence electrons. The van der Waals surface area contributed by atoms with E-state index in [4.69, 9.17) is 0 Å². The number of rotatable bonds is 5. The van der Waals surface area contributed by atoms with E-state index in [0.717, 1.165) is 32.5 Å². The Labute approximate surface area is 110 Å². The van der Waals surface area contributed by atoms with Crippen LogP contribution in [0.2, 0.25) is 0 Å². The van der Waals surface area contributed by atoms with E-state index in [1.165, 1.54) is 0 Å². The molecule has 1 fully saturated rings. The second-order valence-electron chi connectivity index (χ2n) is 4.93. The molecule has 1 aliphatic rings. The van der Waals surface area contributed by atoms with Crippen molar-refractivity contribution in [3.8, 4) is 0 Å². The molecule has 0 saturated carbocycles. The van der Waals surface area contributed by atoms with Crippen LogP contribution >= 0.6 is 0 Å². The summed E-state index contributed by atoms with van der Waals surface area (Å²) >= 11 is 0. The van der Waals surface area contributed by atoms with Crippen LogP contribution in [0, 0.1) is 0 Å². The number of likely N-dealkylation sites (tertiary alicyclic amines) is 1. The Kier molecular flexibility index (Phi) is 5.59. The Balaban J connectivity index is 2.60. The summed E-state index contributed by atoms with van der Waals surface area (Å²) in [6.07, 6.45) is 1.86. The van der Waals surface area contributed by atoms with Crippen molar-refractivity contribution >= 4 is 11.8 Å². The summed E-state index contributed by atoms with van der Waals surface area (Å²) in [5.41, 5.74) is 0. The van der Waals surface area contributed by atoms with Crippen LogP contribution < -0.4 is 0 Å². The number of carbonyl (C=O) groups excluding carboxylic acids is 2. The first-order chi connectivity index (χ1) is 8.51. The van der Waals surface area contributed by atoms with Crippen LogP contribution in [0.15, 0.2) is 0 Å². The van der Waals surface area contributed by atoms with Gasteiger partial charge in [0.2, 0.25) is 11.8 Å². The highest BCUT2D eigenvalue weighted by atomic mass is 16.2. The van der Waals surface area contributed by atoms with Crippen LogP contribution in [0.25, 0.3) is 0 Å². The maximum absolute atomic E-state index is 12.1. The molecule has 1 atom stereocenters. The molecule has 5 nitrogen and oxygen atoms in total. The van der Waals surface area contributed by atoms with Gasteiger partial charge < -0.3 is 9.80 Å². The zero-order valence-corrected chi connectivity index (χ0v) is 12.0. The normalized spacial score (nSPS) is 19.9. The first kappa shape index (κ1) is 15.0.